The minimum atomic E-state index is -0.997. The average molecular weight is 404 g/mol. The van der Waals surface area contributed by atoms with E-state index in [2.05, 4.69) is 0 Å². The number of benzene rings is 2. The highest BCUT2D eigenvalue weighted by molar-refractivity contribution is 5.51. The SMILES string of the molecule is CCCC(O)c1ccc(/C=C/C2CCC(c3ccc(O)cc3F)CC2)c(F)c1F. The Morgan fingerprint density at radius 3 is 2.41 bits per heavy atom. The molecule has 1 atom stereocenters. The molecule has 0 amide bonds. The number of hydrogen-bond acceptors (Lipinski definition) is 2. The van der Waals surface area contributed by atoms with E-state index < -0.39 is 17.7 Å². The van der Waals surface area contributed by atoms with Crippen LogP contribution in [0, 0.1) is 23.4 Å². The summed E-state index contributed by atoms with van der Waals surface area (Å²) >= 11 is 0. The third kappa shape index (κ3) is 5.02. The fourth-order valence-corrected chi connectivity index (χ4v) is 4.10. The third-order valence-corrected chi connectivity index (χ3v) is 5.81. The van der Waals surface area contributed by atoms with Crippen LogP contribution in [0.25, 0.3) is 6.08 Å². The van der Waals surface area contributed by atoms with Gasteiger partial charge in [-0.1, -0.05) is 43.7 Å². The largest absolute Gasteiger partial charge is 0.508 e. The summed E-state index contributed by atoms with van der Waals surface area (Å²) in [7, 11) is 0. The molecule has 1 aliphatic carbocycles. The number of halogens is 3. The number of aliphatic hydroxyl groups excluding tert-OH is 1. The molecule has 2 aromatic carbocycles. The third-order valence-electron chi connectivity index (χ3n) is 5.81. The summed E-state index contributed by atoms with van der Waals surface area (Å²) in [6.07, 6.45) is 6.83. The summed E-state index contributed by atoms with van der Waals surface area (Å²) in [5.41, 5.74) is 0.791. The highest BCUT2D eigenvalue weighted by Gasteiger charge is 2.23. The summed E-state index contributed by atoms with van der Waals surface area (Å²) in [4.78, 5) is 0. The molecule has 0 spiro atoms. The van der Waals surface area contributed by atoms with Gasteiger partial charge in [0.15, 0.2) is 11.6 Å². The molecule has 2 nitrogen and oxygen atoms in total. The zero-order chi connectivity index (χ0) is 21.0. The summed E-state index contributed by atoms with van der Waals surface area (Å²) in [5, 5.41) is 19.3. The van der Waals surface area contributed by atoms with Crippen molar-refractivity contribution in [2.75, 3.05) is 0 Å². The minimum Gasteiger partial charge on any atom is -0.508 e. The Morgan fingerprint density at radius 1 is 1.03 bits per heavy atom. The monoisotopic (exact) mass is 404 g/mol. The van der Waals surface area contributed by atoms with Crippen LogP contribution >= 0.6 is 0 Å². The molecule has 2 N–H and O–H groups in total. The van der Waals surface area contributed by atoms with Crippen LogP contribution < -0.4 is 0 Å². The quantitative estimate of drug-likeness (QED) is 0.567. The first-order chi connectivity index (χ1) is 13.9. The van der Waals surface area contributed by atoms with Gasteiger partial charge in [-0.05, 0) is 55.6 Å². The van der Waals surface area contributed by atoms with Crippen molar-refractivity contribution in [2.24, 2.45) is 5.92 Å². The molecular formula is C24H27F3O2. The highest BCUT2D eigenvalue weighted by atomic mass is 19.2. The molecular weight excluding hydrogens is 377 g/mol. The minimum absolute atomic E-state index is 0.00191. The maximum atomic E-state index is 14.4. The van der Waals surface area contributed by atoms with Crippen molar-refractivity contribution in [3.05, 3.63) is 70.5 Å². The molecule has 1 unspecified atom stereocenters. The Bertz CT molecular complexity index is 871. The van der Waals surface area contributed by atoms with Gasteiger partial charge in [-0.15, -0.1) is 0 Å². The average Bonchev–Trinajstić information content (AvgIpc) is 2.70. The predicted octanol–water partition coefficient (Wildman–Crippen LogP) is 6.63. The van der Waals surface area contributed by atoms with E-state index in [-0.39, 0.29) is 34.5 Å². The lowest BCUT2D eigenvalue weighted by Crippen LogP contribution is -2.12. The molecule has 1 aliphatic rings. The van der Waals surface area contributed by atoms with Gasteiger partial charge >= 0.3 is 0 Å². The zero-order valence-electron chi connectivity index (χ0n) is 16.5. The molecule has 1 fully saturated rings. The lowest BCUT2D eigenvalue weighted by molar-refractivity contribution is 0.160. The van der Waals surface area contributed by atoms with Gasteiger partial charge < -0.3 is 10.2 Å². The standard InChI is InChI=1S/C24H27F3O2/c1-2-3-22(29)20-12-10-17(23(26)24(20)27)9-6-15-4-7-16(8-5-15)19-13-11-18(28)14-21(19)25/h6,9-16,22,28-29H,2-5,7-8H2,1H3/b9-6+. The Balaban J connectivity index is 1.64. The van der Waals surface area contributed by atoms with Gasteiger partial charge in [-0.25, -0.2) is 13.2 Å². The van der Waals surface area contributed by atoms with E-state index in [4.69, 9.17) is 0 Å². The van der Waals surface area contributed by atoms with E-state index in [1.165, 1.54) is 18.2 Å². The lowest BCUT2D eigenvalue weighted by atomic mass is 9.78. The van der Waals surface area contributed by atoms with Gasteiger partial charge in [-0.3, -0.25) is 0 Å². The predicted molar refractivity (Wildman–Crippen MR) is 108 cm³/mol. The van der Waals surface area contributed by atoms with E-state index in [0.29, 0.717) is 18.4 Å². The van der Waals surface area contributed by atoms with Crippen LogP contribution in [0.5, 0.6) is 5.75 Å². The van der Waals surface area contributed by atoms with Crippen molar-refractivity contribution in [1.82, 2.24) is 0 Å². The number of rotatable bonds is 6. The molecule has 2 aromatic rings. The van der Waals surface area contributed by atoms with E-state index >= 15 is 0 Å². The second kappa shape index (κ2) is 9.49. The summed E-state index contributed by atoms with van der Waals surface area (Å²) in [5.74, 6) is -2.06. The maximum Gasteiger partial charge on any atom is 0.166 e. The van der Waals surface area contributed by atoms with Gasteiger partial charge in [0.2, 0.25) is 0 Å². The topological polar surface area (TPSA) is 40.5 Å². The van der Waals surface area contributed by atoms with Gasteiger partial charge in [0.05, 0.1) is 6.10 Å². The molecule has 0 bridgehead atoms. The van der Waals surface area contributed by atoms with E-state index in [9.17, 15) is 23.4 Å². The van der Waals surface area contributed by atoms with Gasteiger partial charge in [-0.2, -0.15) is 0 Å². The number of aromatic hydroxyl groups is 1. The van der Waals surface area contributed by atoms with Gasteiger partial charge in [0, 0.05) is 17.2 Å². The lowest BCUT2D eigenvalue weighted by Gasteiger charge is -2.27. The normalized spacial score (nSPS) is 20.9. The molecule has 1 saturated carbocycles. The highest BCUT2D eigenvalue weighted by Crippen LogP contribution is 2.38. The molecule has 156 valence electrons. The van der Waals surface area contributed by atoms with Crippen LogP contribution in [-0.2, 0) is 0 Å². The Labute approximate surface area is 169 Å². The first kappa shape index (κ1) is 21.4. The van der Waals surface area contributed by atoms with Crippen LogP contribution in [0.3, 0.4) is 0 Å². The molecule has 0 aliphatic heterocycles. The van der Waals surface area contributed by atoms with Gasteiger partial charge in [0.25, 0.3) is 0 Å². The molecule has 0 radical (unpaired) electrons. The first-order valence-corrected chi connectivity index (χ1v) is 10.2. The molecule has 5 heteroatoms. The zero-order valence-corrected chi connectivity index (χ0v) is 16.5. The van der Waals surface area contributed by atoms with Crippen molar-refractivity contribution in [2.45, 2.75) is 57.5 Å². The number of hydrogen-bond donors (Lipinski definition) is 2. The Kier molecular flexibility index (Phi) is 7.01. The fraction of sp³-hybridized carbons (Fsp3) is 0.417. The van der Waals surface area contributed by atoms with Crippen molar-refractivity contribution in [3.8, 4) is 5.75 Å². The van der Waals surface area contributed by atoms with Crippen LogP contribution in [0.1, 0.15) is 74.2 Å². The Hall–Kier alpha value is -2.27. The van der Waals surface area contributed by atoms with Crippen LogP contribution in [0.2, 0.25) is 0 Å². The number of phenols is 1. The molecule has 0 saturated heterocycles. The molecule has 0 heterocycles. The van der Waals surface area contributed by atoms with E-state index in [1.54, 1.807) is 12.1 Å². The molecule has 3 rings (SSSR count). The summed E-state index contributed by atoms with van der Waals surface area (Å²) < 4.78 is 42.7. The molecule has 29 heavy (non-hydrogen) atoms. The van der Waals surface area contributed by atoms with E-state index in [1.807, 2.05) is 13.0 Å². The van der Waals surface area contributed by atoms with Gasteiger partial charge in [0.1, 0.15) is 11.6 Å². The summed E-state index contributed by atoms with van der Waals surface area (Å²) in [6, 6.07) is 7.23. The van der Waals surface area contributed by atoms with Crippen molar-refractivity contribution in [1.29, 1.82) is 0 Å². The molecule has 0 aromatic heterocycles. The Morgan fingerprint density at radius 2 is 1.76 bits per heavy atom. The summed E-state index contributed by atoms with van der Waals surface area (Å²) in [6.45, 7) is 1.87. The van der Waals surface area contributed by atoms with Crippen LogP contribution in [0.15, 0.2) is 36.4 Å². The van der Waals surface area contributed by atoms with Crippen molar-refractivity contribution < 1.29 is 23.4 Å². The first-order valence-electron chi connectivity index (χ1n) is 10.2. The van der Waals surface area contributed by atoms with Crippen molar-refractivity contribution >= 4 is 6.08 Å². The smallest absolute Gasteiger partial charge is 0.166 e. The number of allylic oxidation sites excluding steroid dienone is 1. The maximum absolute atomic E-state index is 14.4. The number of aliphatic hydroxyl groups is 1. The second-order valence-corrected chi connectivity index (χ2v) is 7.85. The van der Waals surface area contributed by atoms with E-state index in [0.717, 1.165) is 31.7 Å². The number of phenolic OH excluding ortho intramolecular Hbond substituents is 1. The second-order valence-electron chi connectivity index (χ2n) is 7.85. The van der Waals surface area contributed by atoms with Crippen LogP contribution in [0.4, 0.5) is 13.2 Å². The fourth-order valence-electron chi connectivity index (χ4n) is 4.10. The van der Waals surface area contributed by atoms with Crippen LogP contribution in [-0.4, -0.2) is 10.2 Å². The van der Waals surface area contributed by atoms with Crippen molar-refractivity contribution in [3.63, 3.8) is 0 Å².